The molecule has 3 N–H and O–H groups in total. The Morgan fingerprint density at radius 2 is 1.80 bits per heavy atom. The molecule has 20 heavy (non-hydrogen) atoms. The molecule has 0 aliphatic carbocycles. The van der Waals surface area contributed by atoms with Crippen LogP contribution in [-0.2, 0) is 0 Å². The highest BCUT2D eigenvalue weighted by atomic mass is 16.5. The van der Waals surface area contributed by atoms with Crippen LogP contribution in [0.25, 0.3) is 0 Å². The Labute approximate surface area is 114 Å². The number of aromatic carboxylic acids is 1. The van der Waals surface area contributed by atoms with Gasteiger partial charge in [0.1, 0.15) is 5.75 Å². The van der Waals surface area contributed by atoms with Crippen molar-refractivity contribution in [1.82, 2.24) is 4.98 Å². The predicted octanol–water partition coefficient (Wildman–Crippen LogP) is 1.98. The second kappa shape index (κ2) is 5.40. The van der Waals surface area contributed by atoms with Gasteiger partial charge in [0.05, 0.1) is 11.3 Å². The minimum atomic E-state index is -1.03. The maximum atomic E-state index is 10.9. The first-order valence-electron chi connectivity index (χ1n) is 5.76. The van der Waals surface area contributed by atoms with Gasteiger partial charge in [-0.05, 0) is 37.3 Å². The number of carbonyl (C=O) groups is 2. The van der Waals surface area contributed by atoms with E-state index in [0.29, 0.717) is 17.0 Å². The van der Waals surface area contributed by atoms with Gasteiger partial charge >= 0.3 is 5.97 Å². The third-order valence-electron chi connectivity index (χ3n) is 2.65. The van der Waals surface area contributed by atoms with Gasteiger partial charge in [-0.25, -0.2) is 9.78 Å². The molecule has 2 rings (SSSR count). The zero-order valence-electron chi connectivity index (χ0n) is 10.7. The number of rotatable bonds is 4. The van der Waals surface area contributed by atoms with E-state index in [1.54, 1.807) is 19.1 Å². The molecule has 6 nitrogen and oxygen atoms in total. The number of aromatic nitrogens is 1. The second-order valence-electron chi connectivity index (χ2n) is 4.08. The lowest BCUT2D eigenvalue weighted by Gasteiger charge is -2.07. The van der Waals surface area contributed by atoms with E-state index in [4.69, 9.17) is 15.6 Å². The summed E-state index contributed by atoms with van der Waals surface area (Å²) in [5, 5.41) is 8.90. The summed E-state index contributed by atoms with van der Waals surface area (Å²) < 4.78 is 5.47. The van der Waals surface area contributed by atoms with Crippen LogP contribution in [-0.4, -0.2) is 22.0 Å². The fourth-order valence-electron chi connectivity index (χ4n) is 1.63. The van der Waals surface area contributed by atoms with Crippen LogP contribution in [0.2, 0.25) is 0 Å². The highest BCUT2D eigenvalue weighted by molar-refractivity contribution is 5.92. The van der Waals surface area contributed by atoms with E-state index < -0.39 is 11.9 Å². The highest BCUT2D eigenvalue weighted by Crippen LogP contribution is 2.21. The molecule has 1 heterocycles. The van der Waals surface area contributed by atoms with E-state index >= 15 is 0 Å². The number of nitrogens with two attached hydrogens (primary N) is 1. The van der Waals surface area contributed by atoms with Crippen molar-refractivity contribution in [3.8, 4) is 11.6 Å². The average molecular weight is 272 g/mol. The Bertz CT molecular complexity index is 665. The van der Waals surface area contributed by atoms with Gasteiger partial charge in [-0.3, -0.25) is 4.79 Å². The summed E-state index contributed by atoms with van der Waals surface area (Å²) in [7, 11) is 0. The van der Waals surface area contributed by atoms with Crippen molar-refractivity contribution in [2.75, 3.05) is 0 Å². The third kappa shape index (κ3) is 2.92. The summed E-state index contributed by atoms with van der Waals surface area (Å²) >= 11 is 0. The van der Waals surface area contributed by atoms with Gasteiger partial charge in [-0.2, -0.15) is 0 Å². The van der Waals surface area contributed by atoms with Crippen LogP contribution in [0.4, 0.5) is 0 Å². The van der Waals surface area contributed by atoms with E-state index in [1.807, 2.05) is 0 Å². The first-order valence-corrected chi connectivity index (χ1v) is 5.76. The minimum absolute atomic E-state index is 0.126. The van der Waals surface area contributed by atoms with Gasteiger partial charge in [-0.15, -0.1) is 0 Å². The van der Waals surface area contributed by atoms with Crippen LogP contribution in [0.1, 0.15) is 26.4 Å². The Morgan fingerprint density at radius 1 is 1.15 bits per heavy atom. The SMILES string of the molecule is Cc1nc(Oc2ccc(C(N)=O)cc2)ccc1C(=O)O. The van der Waals surface area contributed by atoms with Gasteiger partial charge in [0.2, 0.25) is 11.8 Å². The summed E-state index contributed by atoms with van der Waals surface area (Å²) in [6.45, 7) is 1.59. The molecule has 0 bridgehead atoms. The molecule has 0 unspecified atom stereocenters. The van der Waals surface area contributed by atoms with Crippen molar-refractivity contribution < 1.29 is 19.4 Å². The van der Waals surface area contributed by atoms with E-state index in [-0.39, 0.29) is 11.4 Å². The Balaban J connectivity index is 2.19. The van der Waals surface area contributed by atoms with Crippen LogP contribution in [0.3, 0.4) is 0 Å². The number of ether oxygens (including phenoxy) is 1. The van der Waals surface area contributed by atoms with Gasteiger partial charge in [0.15, 0.2) is 0 Å². The van der Waals surface area contributed by atoms with Crippen molar-refractivity contribution in [1.29, 1.82) is 0 Å². The molecule has 1 aromatic heterocycles. The van der Waals surface area contributed by atoms with Crippen molar-refractivity contribution in [2.45, 2.75) is 6.92 Å². The molecule has 0 fully saturated rings. The molecule has 1 amide bonds. The zero-order chi connectivity index (χ0) is 14.7. The Kier molecular flexibility index (Phi) is 3.65. The Hall–Kier alpha value is -2.89. The predicted molar refractivity (Wildman–Crippen MR) is 71.0 cm³/mol. The minimum Gasteiger partial charge on any atom is -0.478 e. The fraction of sp³-hybridized carbons (Fsp3) is 0.0714. The molecular formula is C14H12N2O4. The number of benzene rings is 1. The monoisotopic (exact) mass is 272 g/mol. The number of carboxylic acid groups (broad SMARTS) is 1. The largest absolute Gasteiger partial charge is 0.478 e. The fourth-order valence-corrected chi connectivity index (χ4v) is 1.63. The van der Waals surface area contributed by atoms with E-state index in [1.165, 1.54) is 24.3 Å². The number of primary amides is 1. The lowest BCUT2D eigenvalue weighted by molar-refractivity contribution is 0.0695. The van der Waals surface area contributed by atoms with Crippen LogP contribution in [0.15, 0.2) is 36.4 Å². The molecule has 0 atom stereocenters. The van der Waals surface area contributed by atoms with Crippen LogP contribution >= 0.6 is 0 Å². The number of hydrogen-bond acceptors (Lipinski definition) is 4. The molecule has 1 aromatic carbocycles. The van der Waals surface area contributed by atoms with Crippen molar-refractivity contribution in [3.63, 3.8) is 0 Å². The molecule has 2 aromatic rings. The molecule has 0 saturated heterocycles. The van der Waals surface area contributed by atoms with Crippen molar-refractivity contribution in [2.24, 2.45) is 5.73 Å². The molecule has 102 valence electrons. The number of aryl methyl sites for hydroxylation is 1. The number of pyridine rings is 1. The van der Waals surface area contributed by atoms with Crippen molar-refractivity contribution in [3.05, 3.63) is 53.2 Å². The van der Waals surface area contributed by atoms with Crippen LogP contribution in [0, 0.1) is 6.92 Å². The van der Waals surface area contributed by atoms with Crippen LogP contribution in [0.5, 0.6) is 11.6 Å². The number of amides is 1. The lowest BCUT2D eigenvalue weighted by Crippen LogP contribution is -2.10. The number of carboxylic acids is 1. The first-order chi connectivity index (χ1) is 9.47. The number of carbonyl (C=O) groups excluding carboxylic acids is 1. The summed E-state index contributed by atoms with van der Waals surface area (Å²) in [6.07, 6.45) is 0. The highest BCUT2D eigenvalue weighted by Gasteiger charge is 2.09. The summed E-state index contributed by atoms with van der Waals surface area (Å²) in [4.78, 5) is 25.9. The quantitative estimate of drug-likeness (QED) is 0.885. The van der Waals surface area contributed by atoms with Crippen molar-refractivity contribution >= 4 is 11.9 Å². The molecule has 0 aliphatic rings. The number of nitrogens with zero attached hydrogens (tertiary/aromatic N) is 1. The standard InChI is InChI=1S/C14H12N2O4/c1-8-11(14(18)19)6-7-12(16-8)20-10-4-2-9(3-5-10)13(15)17/h2-7H,1H3,(H2,15,17)(H,18,19). The first kappa shape index (κ1) is 13.5. The smallest absolute Gasteiger partial charge is 0.337 e. The molecule has 0 radical (unpaired) electrons. The van der Waals surface area contributed by atoms with Gasteiger partial charge in [0, 0.05) is 11.6 Å². The lowest BCUT2D eigenvalue weighted by atomic mass is 10.2. The topological polar surface area (TPSA) is 103 Å². The second-order valence-corrected chi connectivity index (χ2v) is 4.08. The zero-order valence-corrected chi connectivity index (χ0v) is 10.7. The van der Waals surface area contributed by atoms with Gasteiger partial charge in [0.25, 0.3) is 0 Å². The summed E-state index contributed by atoms with van der Waals surface area (Å²) in [5.41, 5.74) is 6.00. The Morgan fingerprint density at radius 3 is 2.30 bits per heavy atom. The maximum absolute atomic E-state index is 10.9. The van der Waals surface area contributed by atoms with E-state index in [9.17, 15) is 9.59 Å². The summed E-state index contributed by atoms with van der Waals surface area (Å²) in [6, 6.07) is 9.15. The normalized spacial score (nSPS) is 10.1. The van der Waals surface area contributed by atoms with E-state index in [0.717, 1.165) is 0 Å². The van der Waals surface area contributed by atoms with E-state index in [2.05, 4.69) is 4.98 Å². The molecule has 0 spiro atoms. The number of hydrogen-bond donors (Lipinski definition) is 2. The molecule has 0 aliphatic heterocycles. The van der Waals surface area contributed by atoms with Gasteiger partial charge in [-0.1, -0.05) is 0 Å². The van der Waals surface area contributed by atoms with Gasteiger partial charge < -0.3 is 15.6 Å². The average Bonchev–Trinajstić information content (AvgIpc) is 2.39. The summed E-state index contributed by atoms with van der Waals surface area (Å²) in [5.74, 6) is -0.798. The third-order valence-corrected chi connectivity index (χ3v) is 2.65. The maximum Gasteiger partial charge on any atom is 0.337 e. The molecule has 0 saturated carbocycles. The molecular weight excluding hydrogens is 260 g/mol. The molecule has 6 heteroatoms. The van der Waals surface area contributed by atoms with Crippen LogP contribution < -0.4 is 10.5 Å².